The van der Waals surface area contributed by atoms with Crippen molar-refractivity contribution < 1.29 is 0 Å². The first kappa shape index (κ1) is 15.4. The molecule has 0 amide bonds. The molecule has 1 heterocycles. The summed E-state index contributed by atoms with van der Waals surface area (Å²) in [5.74, 6) is 1.77. The Morgan fingerprint density at radius 2 is 1.58 bits per heavy atom. The number of rotatable bonds is 6. The lowest BCUT2D eigenvalue weighted by molar-refractivity contribution is 0.209. The molecule has 0 radical (unpaired) electrons. The van der Waals surface area contributed by atoms with Crippen molar-refractivity contribution in [3.8, 4) is 0 Å². The van der Waals surface area contributed by atoms with Gasteiger partial charge in [-0.05, 0) is 27.9 Å². The van der Waals surface area contributed by atoms with E-state index < -0.39 is 0 Å². The zero-order valence-corrected chi connectivity index (χ0v) is 12.9. The summed E-state index contributed by atoms with van der Waals surface area (Å²) in [4.78, 5) is 17.0. The van der Waals surface area contributed by atoms with E-state index in [4.69, 9.17) is 0 Å². The van der Waals surface area contributed by atoms with Gasteiger partial charge in [-0.25, -0.2) is 0 Å². The fourth-order valence-electron chi connectivity index (χ4n) is 1.21. The summed E-state index contributed by atoms with van der Waals surface area (Å²) in [6, 6.07) is 0. The first-order valence-electron chi connectivity index (χ1n) is 6.28. The second-order valence-electron chi connectivity index (χ2n) is 5.49. The molecule has 2 N–H and O–H groups in total. The topological polar surface area (TPSA) is 69.2 Å². The fourth-order valence-corrected chi connectivity index (χ4v) is 1.21. The zero-order valence-electron chi connectivity index (χ0n) is 12.9. The van der Waals surface area contributed by atoms with Crippen LogP contribution in [0.4, 0.5) is 17.8 Å². The predicted molar refractivity (Wildman–Crippen MR) is 80.0 cm³/mol. The molecule has 1 rings (SSSR count). The molecule has 0 spiro atoms. The molecule has 0 saturated carbocycles. The molecule has 108 valence electrons. The number of nitrogens with one attached hydrogen (secondary N) is 2. The van der Waals surface area contributed by atoms with Crippen molar-refractivity contribution in [2.45, 2.75) is 19.4 Å². The molecule has 7 nitrogen and oxygen atoms in total. The minimum absolute atomic E-state index is 0.0186. The normalized spacial score (nSPS) is 11.6. The Kier molecular flexibility index (Phi) is 4.88. The van der Waals surface area contributed by atoms with E-state index in [0.29, 0.717) is 17.8 Å². The number of likely N-dealkylation sites (N-methyl/N-ethyl adjacent to an activating group) is 1. The third-order valence-corrected chi connectivity index (χ3v) is 3.14. The van der Waals surface area contributed by atoms with Crippen LogP contribution in [0.25, 0.3) is 0 Å². The zero-order chi connectivity index (χ0) is 14.6. The van der Waals surface area contributed by atoms with Crippen molar-refractivity contribution in [3.63, 3.8) is 0 Å². The van der Waals surface area contributed by atoms with Crippen molar-refractivity contribution in [1.29, 1.82) is 0 Å². The molecular formula is C12H25N7. The molecule has 0 saturated heterocycles. The van der Waals surface area contributed by atoms with Gasteiger partial charge in [-0.2, -0.15) is 15.0 Å². The highest BCUT2D eigenvalue weighted by Gasteiger charge is 2.20. The molecule has 1 aromatic rings. The van der Waals surface area contributed by atoms with E-state index in [2.05, 4.69) is 58.4 Å². The smallest absolute Gasteiger partial charge is 0.231 e. The highest BCUT2D eigenvalue weighted by molar-refractivity contribution is 5.42. The van der Waals surface area contributed by atoms with E-state index in [1.54, 1.807) is 7.05 Å². The SMILES string of the molecule is CNc1nc(NCC(C)(C)N(C)C)nc(N(C)C)n1. The van der Waals surface area contributed by atoms with Crippen molar-refractivity contribution in [2.75, 3.05) is 57.3 Å². The minimum Gasteiger partial charge on any atom is -0.357 e. The summed E-state index contributed by atoms with van der Waals surface area (Å²) in [5, 5.41) is 6.21. The average Bonchev–Trinajstić information content (AvgIpc) is 2.35. The number of aromatic nitrogens is 3. The van der Waals surface area contributed by atoms with Gasteiger partial charge >= 0.3 is 0 Å². The van der Waals surface area contributed by atoms with Gasteiger partial charge in [0.2, 0.25) is 17.8 Å². The summed E-state index contributed by atoms with van der Waals surface area (Å²) in [6.45, 7) is 5.07. The third kappa shape index (κ3) is 4.20. The van der Waals surface area contributed by atoms with E-state index in [-0.39, 0.29) is 5.54 Å². The monoisotopic (exact) mass is 267 g/mol. The van der Waals surface area contributed by atoms with Gasteiger partial charge in [0.05, 0.1) is 0 Å². The highest BCUT2D eigenvalue weighted by Crippen LogP contribution is 2.14. The molecule has 0 aromatic carbocycles. The lowest BCUT2D eigenvalue weighted by Gasteiger charge is -2.32. The molecule has 0 aliphatic carbocycles. The molecule has 1 aromatic heterocycles. The van der Waals surface area contributed by atoms with Crippen LogP contribution in [-0.2, 0) is 0 Å². The third-order valence-electron chi connectivity index (χ3n) is 3.14. The standard InChI is InChI=1S/C12H25N7/c1-12(2,19(6)7)8-14-10-15-9(13-3)16-11(17-10)18(4)5/h8H2,1-7H3,(H2,13,14,15,16,17). The van der Waals surface area contributed by atoms with Gasteiger partial charge in [0, 0.05) is 33.2 Å². The lowest BCUT2D eigenvalue weighted by atomic mass is 10.1. The molecule has 0 unspecified atom stereocenters. The van der Waals surface area contributed by atoms with Gasteiger partial charge in [-0.1, -0.05) is 0 Å². The number of hydrogen-bond acceptors (Lipinski definition) is 7. The predicted octanol–water partition coefficient (Wildman–Crippen LogP) is 0.731. The lowest BCUT2D eigenvalue weighted by Crippen LogP contribution is -2.44. The molecule has 0 aliphatic rings. The Hall–Kier alpha value is -1.63. The van der Waals surface area contributed by atoms with Gasteiger partial charge in [0.15, 0.2) is 0 Å². The number of hydrogen-bond donors (Lipinski definition) is 2. The fraction of sp³-hybridized carbons (Fsp3) is 0.750. The summed E-state index contributed by atoms with van der Waals surface area (Å²) in [6.07, 6.45) is 0. The number of anilines is 3. The number of nitrogens with zero attached hydrogens (tertiary/aromatic N) is 5. The Morgan fingerprint density at radius 1 is 1.00 bits per heavy atom. The van der Waals surface area contributed by atoms with Crippen LogP contribution in [-0.4, -0.2) is 67.2 Å². The van der Waals surface area contributed by atoms with Gasteiger partial charge in [0.25, 0.3) is 0 Å². The van der Waals surface area contributed by atoms with Crippen LogP contribution in [0.3, 0.4) is 0 Å². The Morgan fingerprint density at radius 3 is 2.05 bits per heavy atom. The maximum absolute atomic E-state index is 4.38. The summed E-state index contributed by atoms with van der Waals surface area (Å²) >= 11 is 0. The van der Waals surface area contributed by atoms with E-state index >= 15 is 0 Å². The van der Waals surface area contributed by atoms with Crippen LogP contribution in [0.15, 0.2) is 0 Å². The molecular weight excluding hydrogens is 242 g/mol. The van der Waals surface area contributed by atoms with Crippen LogP contribution >= 0.6 is 0 Å². The van der Waals surface area contributed by atoms with Crippen LogP contribution in [0.5, 0.6) is 0 Å². The van der Waals surface area contributed by atoms with Crippen LogP contribution in [0, 0.1) is 0 Å². The van der Waals surface area contributed by atoms with Gasteiger partial charge in [0.1, 0.15) is 0 Å². The maximum Gasteiger partial charge on any atom is 0.231 e. The van der Waals surface area contributed by atoms with Crippen LogP contribution in [0.2, 0.25) is 0 Å². The van der Waals surface area contributed by atoms with Crippen molar-refractivity contribution >= 4 is 17.8 Å². The van der Waals surface area contributed by atoms with E-state index in [9.17, 15) is 0 Å². The van der Waals surface area contributed by atoms with Crippen molar-refractivity contribution in [2.24, 2.45) is 0 Å². The van der Waals surface area contributed by atoms with Crippen molar-refractivity contribution in [3.05, 3.63) is 0 Å². The summed E-state index contributed by atoms with van der Waals surface area (Å²) in [7, 11) is 9.71. The minimum atomic E-state index is 0.0186. The molecule has 0 bridgehead atoms. The van der Waals surface area contributed by atoms with E-state index in [0.717, 1.165) is 6.54 Å². The summed E-state index contributed by atoms with van der Waals surface area (Å²) < 4.78 is 0. The molecule has 0 atom stereocenters. The average molecular weight is 267 g/mol. The molecule has 0 fully saturated rings. The maximum atomic E-state index is 4.38. The van der Waals surface area contributed by atoms with Crippen molar-refractivity contribution in [1.82, 2.24) is 19.9 Å². The first-order valence-corrected chi connectivity index (χ1v) is 6.28. The molecule has 7 heteroatoms. The Bertz CT molecular complexity index is 415. The van der Waals surface area contributed by atoms with Gasteiger partial charge < -0.3 is 20.4 Å². The highest BCUT2D eigenvalue weighted by atomic mass is 15.3. The molecule has 19 heavy (non-hydrogen) atoms. The second kappa shape index (κ2) is 6.01. The van der Waals surface area contributed by atoms with E-state index in [1.165, 1.54) is 0 Å². The Balaban J connectivity index is 2.86. The second-order valence-corrected chi connectivity index (χ2v) is 5.49. The van der Waals surface area contributed by atoms with E-state index in [1.807, 2.05) is 19.0 Å². The summed E-state index contributed by atoms with van der Waals surface area (Å²) in [5.41, 5.74) is 0.0186. The van der Waals surface area contributed by atoms with Gasteiger partial charge in [-0.3, -0.25) is 0 Å². The molecule has 0 aliphatic heterocycles. The van der Waals surface area contributed by atoms with Crippen LogP contribution in [0.1, 0.15) is 13.8 Å². The van der Waals surface area contributed by atoms with Gasteiger partial charge in [-0.15, -0.1) is 0 Å². The largest absolute Gasteiger partial charge is 0.357 e. The first-order chi connectivity index (χ1) is 8.76. The Labute approximate surface area is 115 Å². The quantitative estimate of drug-likeness (QED) is 0.787. The van der Waals surface area contributed by atoms with Crippen LogP contribution < -0.4 is 15.5 Å².